The highest BCUT2D eigenvalue weighted by molar-refractivity contribution is 5.79. The van der Waals surface area contributed by atoms with Gasteiger partial charge in [-0.05, 0) is 11.6 Å². The second-order valence-corrected chi connectivity index (χ2v) is 4.82. The lowest BCUT2D eigenvalue weighted by molar-refractivity contribution is -0.384. The first kappa shape index (κ1) is 16.0. The lowest BCUT2D eigenvalue weighted by atomic mass is 10.0. The maximum atomic E-state index is 11.4. The normalized spacial score (nSPS) is 11.3. The van der Waals surface area contributed by atoms with Crippen molar-refractivity contribution in [2.24, 2.45) is 0 Å². The minimum Gasteiger partial charge on any atom is -0.480 e. The van der Waals surface area contributed by atoms with E-state index in [9.17, 15) is 20.0 Å². The molecule has 0 aliphatic carbocycles. The molecule has 2 aromatic rings. The molecule has 2 rings (SSSR count). The van der Waals surface area contributed by atoms with Crippen LogP contribution in [0.25, 0.3) is 0 Å². The Balaban J connectivity index is 2.25. The minimum atomic E-state index is -1.07. The number of carboxylic acid groups (broad SMARTS) is 1. The number of carboxylic acids is 1. The number of nitrogens with one attached hydrogen (secondary N) is 1. The summed E-state index contributed by atoms with van der Waals surface area (Å²) in [7, 11) is 0. The van der Waals surface area contributed by atoms with Crippen molar-refractivity contribution >= 4 is 17.3 Å². The van der Waals surface area contributed by atoms with Crippen molar-refractivity contribution < 1.29 is 14.8 Å². The number of benzene rings is 2. The molecule has 0 spiro atoms. The highest BCUT2D eigenvalue weighted by atomic mass is 16.6. The van der Waals surface area contributed by atoms with E-state index in [1.54, 1.807) is 24.3 Å². The van der Waals surface area contributed by atoms with E-state index in [0.29, 0.717) is 0 Å². The summed E-state index contributed by atoms with van der Waals surface area (Å²) in [6.45, 7) is 0. The molecule has 0 fully saturated rings. The summed E-state index contributed by atoms with van der Waals surface area (Å²) >= 11 is 0. The van der Waals surface area contributed by atoms with Crippen LogP contribution in [0.4, 0.5) is 11.4 Å². The smallest absolute Gasteiger partial charge is 0.326 e. The van der Waals surface area contributed by atoms with E-state index in [-0.39, 0.29) is 23.4 Å². The Bertz CT molecular complexity index is 769. The highest BCUT2D eigenvalue weighted by Gasteiger charge is 2.20. The maximum Gasteiger partial charge on any atom is 0.326 e. The first-order valence-electron chi connectivity index (χ1n) is 6.73. The van der Waals surface area contributed by atoms with E-state index >= 15 is 0 Å². The summed E-state index contributed by atoms with van der Waals surface area (Å²) in [6, 6.07) is 13.6. The Morgan fingerprint density at radius 1 is 1.30 bits per heavy atom. The van der Waals surface area contributed by atoms with Crippen molar-refractivity contribution in [2.45, 2.75) is 12.5 Å². The van der Waals surface area contributed by atoms with E-state index in [1.807, 2.05) is 12.1 Å². The van der Waals surface area contributed by atoms with Crippen LogP contribution in [0.15, 0.2) is 48.5 Å². The van der Waals surface area contributed by atoms with Gasteiger partial charge in [-0.25, -0.2) is 4.79 Å². The number of aliphatic carboxylic acids is 1. The van der Waals surface area contributed by atoms with Gasteiger partial charge in [-0.3, -0.25) is 10.1 Å². The summed E-state index contributed by atoms with van der Waals surface area (Å²) < 4.78 is 0. The first-order chi connectivity index (χ1) is 11.0. The van der Waals surface area contributed by atoms with Crippen LogP contribution in [-0.4, -0.2) is 22.0 Å². The molecule has 0 radical (unpaired) electrons. The number of nitrogens with zero attached hydrogens (tertiary/aromatic N) is 2. The zero-order chi connectivity index (χ0) is 16.8. The Morgan fingerprint density at radius 3 is 2.57 bits per heavy atom. The zero-order valence-electron chi connectivity index (χ0n) is 12.0. The third kappa shape index (κ3) is 4.04. The number of carbonyl (C=O) groups is 1. The number of hydrogen-bond donors (Lipinski definition) is 2. The number of hydrogen-bond acceptors (Lipinski definition) is 5. The molecular formula is C16H13N3O4. The van der Waals surface area contributed by atoms with Crippen LogP contribution < -0.4 is 5.32 Å². The third-order valence-electron chi connectivity index (χ3n) is 3.24. The first-order valence-corrected chi connectivity index (χ1v) is 6.73. The molecule has 0 bridgehead atoms. The molecular weight excluding hydrogens is 298 g/mol. The van der Waals surface area contributed by atoms with Gasteiger partial charge >= 0.3 is 5.97 Å². The fourth-order valence-electron chi connectivity index (χ4n) is 2.10. The number of non-ortho nitro benzene ring substituents is 1. The third-order valence-corrected chi connectivity index (χ3v) is 3.24. The molecule has 0 unspecified atom stereocenters. The minimum absolute atomic E-state index is 0.0264. The second kappa shape index (κ2) is 7.04. The van der Waals surface area contributed by atoms with Crippen molar-refractivity contribution in [3.63, 3.8) is 0 Å². The molecule has 0 saturated carbocycles. The van der Waals surface area contributed by atoms with Crippen molar-refractivity contribution in [2.75, 3.05) is 5.32 Å². The fourth-order valence-corrected chi connectivity index (χ4v) is 2.10. The lowest BCUT2D eigenvalue weighted by Gasteiger charge is -2.16. The molecule has 0 aliphatic heterocycles. The average molecular weight is 311 g/mol. The van der Waals surface area contributed by atoms with Gasteiger partial charge in [0.1, 0.15) is 12.1 Å². The van der Waals surface area contributed by atoms with Crippen LogP contribution >= 0.6 is 0 Å². The number of nitro benzene ring substituents is 1. The second-order valence-electron chi connectivity index (χ2n) is 4.82. The molecule has 7 nitrogen and oxygen atoms in total. The van der Waals surface area contributed by atoms with E-state index in [0.717, 1.165) is 11.6 Å². The van der Waals surface area contributed by atoms with Gasteiger partial charge in [0.25, 0.3) is 5.69 Å². The molecule has 7 heteroatoms. The molecule has 0 heterocycles. The van der Waals surface area contributed by atoms with Gasteiger partial charge < -0.3 is 10.4 Å². The van der Waals surface area contributed by atoms with Crippen LogP contribution in [-0.2, 0) is 11.2 Å². The lowest BCUT2D eigenvalue weighted by Crippen LogP contribution is -2.31. The van der Waals surface area contributed by atoms with Crippen molar-refractivity contribution in [3.8, 4) is 6.07 Å². The Hall–Kier alpha value is -3.40. The molecule has 2 aromatic carbocycles. The van der Waals surface area contributed by atoms with Gasteiger partial charge in [-0.15, -0.1) is 0 Å². The predicted octanol–water partition coefficient (Wildman–Crippen LogP) is 2.57. The molecule has 0 aliphatic rings. The monoisotopic (exact) mass is 311 g/mol. The molecule has 23 heavy (non-hydrogen) atoms. The van der Waals surface area contributed by atoms with Gasteiger partial charge in [0, 0.05) is 18.6 Å². The SMILES string of the molecule is N#Cc1cc([N+](=O)[O-])ccc1N[C@@H](Cc1ccccc1)C(=O)O. The number of anilines is 1. The zero-order valence-corrected chi connectivity index (χ0v) is 12.0. The quantitative estimate of drug-likeness (QED) is 0.625. The topological polar surface area (TPSA) is 116 Å². The maximum absolute atomic E-state index is 11.4. The summed E-state index contributed by atoms with van der Waals surface area (Å²) in [5.74, 6) is -1.07. The number of rotatable bonds is 6. The Kier molecular flexibility index (Phi) is 4.89. The van der Waals surface area contributed by atoms with Crippen molar-refractivity contribution in [3.05, 3.63) is 69.8 Å². The predicted molar refractivity (Wildman–Crippen MR) is 83.0 cm³/mol. The molecule has 0 saturated heterocycles. The van der Waals surface area contributed by atoms with E-state index in [1.165, 1.54) is 12.1 Å². The van der Waals surface area contributed by atoms with Crippen LogP contribution in [0.2, 0.25) is 0 Å². The van der Waals surface area contributed by atoms with Crippen LogP contribution in [0.3, 0.4) is 0 Å². The standard InChI is InChI=1S/C16H13N3O4/c17-10-12-9-13(19(22)23)6-7-14(12)18-15(16(20)21)8-11-4-2-1-3-5-11/h1-7,9,15,18H,8H2,(H,20,21)/t15-/m0/s1. The van der Waals surface area contributed by atoms with Gasteiger partial charge in [0.2, 0.25) is 0 Å². The highest BCUT2D eigenvalue weighted by Crippen LogP contribution is 2.22. The summed E-state index contributed by atoms with van der Waals surface area (Å²) in [6.07, 6.45) is 0.220. The van der Waals surface area contributed by atoms with E-state index < -0.39 is 16.9 Å². The van der Waals surface area contributed by atoms with E-state index in [4.69, 9.17) is 5.26 Å². The number of nitro groups is 1. The van der Waals surface area contributed by atoms with E-state index in [2.05, 4.69) is 5.32 Å². The summed E-state index contributed by atoms with van der Waals surface area (Å²) in [5, 5.41) is 32.0. The Labute approximate surface area is 131 Å². The van der Waals surface area contributed by atoms with Gasteiger partial charge in [-0.2, -0.15) is 5.26 Å². The van der Waals surface area contributed by atoms with Gasteiger partial charge in [-0.1, -0.05) is 30.3 Å². The molecule has 116 valence electrons. The van der Waals surface area contributed by atoms with Crippen molar-refractivity contribution in [1.29, 1.82) is 5.26 Å². The van der Waals surface area contributed by atoms with Gasteiger partial charge in [0.15, 0.2) is 0 Å². The van der Waals surface area contributed by atoms with Crippen molar-refractivity contribution in [1.82, 2.24) is 0 Å². The fraction of sp³-hybridized carbons (Fsp3) is 0.125. The molecule has 1 atom stereocenters. The van der Waals surface area contributed by atoms with Crippen LogP contribution in [0.1, 0.15) is 11.1 Å². The molecule has 0 aromatic heterocycles. The molecule has 0 amide bonds. The van der Waals surface area contributed by atoms with Crippen LogP contribution in [0, 0.1) is 21.4 Å². The van der Waals surface area contributed by atoms with Crippen LogP contribution in [0.5, 0.6) is 0 Å². The Morgan fingerprint density at radius 2 is 2.00 bits per heavy atom. The summed E-state index contributed by atoms with van der Waals surface area (Å²) in [4.78, 5) is 21.6. The molecule has 2 N–H and O–H groups in total. The van der Waals surface area contributed by atoms with Gasteiger partial charge in [0.05, 0.1) is 16.2 Å². The summed E-state index contributed by atoms with van der Waals surface area (Å²) in [5.41, 5.74) is 0.884. The largest absolute Gasteiger partial charge is 0.480 e. The number of nitriles is 1. The average Bonchev–Trinajstić information content (AvgIpc) is 2.55.